The van der Waals surface area contributed by atoms with Gasteiger partial charge in [-0.2, -0.15) is 0 Å². The molecule has 162 valence electrons. The highest BCUT2D eigenvalue weighted by molar-refractivity contribution is 8.00. The minimum absolute atomic E-state index is 0.225. The molecule has 0 aliphatic heterocycles. The number of rotatable bonds is 7. The normalized spacial score (nSPS) is 11.8. The monoisotopic (exact) mass is 482 g/mol. The maximum absolute atomic E-state index is 12.9. The van der Waals surface area contributed by atoms with Crippen molar-refractivity contribution in [1.82, 2.24) is 14.8 Å². The molecule has 0 fully saturated rings. The summed E-state index contributed by atoms with van der Waals surface area (Å²) in [6.45, 7) is 1.81. The molecule has 1 unspecified atom stereocenters. The minimum Gasteiger partial charge on any atom is -0.323 e. The largest absolute Gasteiger partial charge is 0.323 e. The lowest BCUT2D eigenvalue weighted by molar-refractivity contribution is -0.115. The zero-order valence-electron chi connectivity index (χ0n) is 17.2. The van der Waals surface area contributed by atoms with E-state index in [0.29, 0.717) is 27.3 Å². The van der Waals surface area contributed by atoms with Crippen LogP contribution in [0.4, 0.5) is 5.69 Å². The van der Waals surface area contributed by atoms with Crippen LogP contribution >= 0.6 is 35.0 Å². The molecule has 0 spiro atoms. The van der Waals surface area contributed by atoms with Crippen LogP contribution in [0.3, 0.4) is 0 Å². The maximum Gasteiger partial charge on any atom is 0.237 e. The summed E-state index contributed by atoms with van der Waals surface area (Å²) in [5, 5.41) is 12.6. The first-order valence-electron chi connectivity index (χ1n) is 9.98. The molecular formula is C24H20Cl2N4OS. The van der Waals surface area contributed by atoms with Crippen molar-refractivity contribution in [3.05, 3.63) is 100 Å². The van der Waals surface area contributed by atoms with Crippen LogP contribution in [0.25, 0.3) is 5.69 Å². The van der Waals surface area contributed by atoms with Crippen molar-refractivity contribution in [2.24, 2.45) is 0 Å². The fraction of sp³-hybridized carbons (Fsp3) is 0.125. The summed E-state index contributed by atoms with van der Waals surface area (Å²) in [6.07, 6.45) is 0.624. The average molecular weight is 483 g/mol. The molecular weight excluding hydrogens is 463 g/mol. The van der Waals surface area contributed by atoms with E-state index in [2.05, 4.69) is 27.6 Å². The Hall–Kier alpha value is -2.80. The topological polar surface area (TPSA) is 59.8 Å². The summed E-state index contributed by atoms with van der Waals surface area (Å²) >= 11 is 13.7. The van der Waals surface area contributed by atoms with Crippen molar-refractivity contribution in [1.29, 1.82) is 0 Å². The summed E-state index contributed by atoms with van der Waals surface area (Å²) in [6, 6.07) is 25.1. The first-order valence-corrected chi connectivity index (χ1v) is 11.6. The van der Waals surface area contributed by atoms with Gasteiger partial charge in [0, 0.05) is 12.1 Å². The zero-order chi connectivity index (χ0) is 22.5. The van der Waals surface area contributed by atoms with E-state index in [0.717, 1.165) is 17.1 Å². The standard InChI is InChI=1S/C24H20Cl2N4OS/c1-16(23(31)27-22-19(25)13-8-14-20(22)26)32-24-29-28-21(15-17-9-4-2-5-10-17)30(24)18-11-6-3-7-12-18/h2-14,16H,15H2,1H3,(H,27,31). The Morgan fingerprint density at radius 3 is 2.22 bits per heavy atom. The van der Waals surface area contributed by atoms with Crippen LogP contribution < -0.4 is 5.32 Å². The SMILES string of the molecule is CC(Sc1nnc(Cc2ccccc2)n1-c1ccccc1)C(=O)Nc1c(Cl)cccc1Cl. The Morgan fingerprint density at radius 1 is 0.938 bits per heavy atom. The predicted molar refractivity (Wildman–Crippen MR) is 131 cm³/mol. The molecule has 1 aromatic heterocycles. The quantitative estimate of drug-likeness (QED) is 0.314. The summed E-state index contributed by atoms with van der Waals surface area (Å²) < 4.78 is 1.99. The van der Waals surface area contributed by atoms with Gasteiger partial charge in [-0.3, -0.25) is 9.36 Å². The van der Waals surface area contributed by atoms with E-state index in [1.54, 1.807) is 18.2 Å². The third-order valence-corrected chi connectivity index (χ3v) is 6.45. The Kier molecular flexibility index (Phi) is 7.15. The van der Waals surface area contributed by atoms with Crippen molar-refractivity contribution in [2.75, 3.05) is 5.32 Å². The molecule has 1 heterocycles. The number of benzene rings is 3. The fourth-order valence-electron chi connectivity index (χ4n) is 3.16. The number of amides is 1. The molecule has 1 N–H and O–H groups in total. The third kappa shape index (κ3) is 5.15. The summed E-state index contributed by atoms with van der Waals surface area (Å²) in [5.41, 5.74) is 2.48. The molecule has 0 radical (unpaired) electrons. The molecule has 4 aromatic rings. The number of nitrogens with zero attached hydrogens (tertiary/aromatic N) is 3. The van der Waals surface area contributed by atoms with E-state index < -0.39 is 5.25 Å². The number of anilines is 1. The number of para-hydroxylation sites is 2. The second kappa shape index (κ2) is 10.2. The highest BCUT2D eigenvalue weighted by atomic mass is 35.5. The van der Waals surface area contributed by atoms with Crippen LogP contribution in [0.5, 0.6) is 0 Å². The van der Waals surface area contributed by atoms with E-state index in [1.807, 2.05) is 60.0 Å². The van der Waals surface area contributed by atoms with Crippen LogP contribution in [-0.4, -0.2) is 25.9 Å². The maximum atomic E-state index is 12.9. The molecule has 1 atom stereocenters. The predicted octanol–water partition coefficient (Wildman–Crippen LogP) is 6.28. The molecule has 1 amide bonds. The van der Waals surface area contributed by atoms with Crippen molar-refractivity contribution in [2.45, 2.75) is 23.8 Å². The molecule has 0 saturated heterocycles. The Labute approximate surface area is 200 Å². The number of carbonyl (C=O) groups excluding carboxylic acids is 1. The molecule has 32 heavy (non-hydrogen) atoms. The van der Waals surface area contributed by atoms with Gasteiger partial charge in [0.15, 0.2) is 5.16 Å². The third-order valence-electron chi connectivity index (χ3n) is 4.78. The number of hydrogen-bond donors (Lipinski definition) is 1. The van der Waals surface area contributed by atoms with Gasteiger partial charge in [-0.15, -0.1) is 10.2 Å². The number of thioether (sulfide) groups is 1. The smallest absolute Gasteiger partial charge is 0.237 e. The summed E-state index contributed by atoms with van der Waals surface area (Å²) in [7, 11) is 0. The van der Waals surface area contributed by atoms with E-state index in [4.69, 9.17) is 23.2 Å². The van der Waals surface area contributed by atoms with Crippen molar-refractivity contribution < 1.29 is 4.79 Å². The van der Waals surface area contributed by atoms with Gasteiger partial charge < -0.3 is 5.32 Å². The van der Waals surface area contributed by atoms with E-state index in [-0.39, 0.29) is 5.91 Å². The second-order valence-corrected chi connectivity index (χ2v) is 9.20. The molecule has 0 aliphatic rings. The van der Waals surface area contributed by atoms with E-state index >= 15 is 0 Å². The number of aromatic nitrogens is 3. The van der Waals surface area contributed by atoms with Crippen LogP contribution in [-0.2, 0) is 11.2 Å². The van der Waals surface area contributed by atoms with Crippen molar-refractivity contribution in [3.8, 4) is 5.69 Å². The number of hydrogen-bond acceptors (Lipinski definition) is 4. The highest BCUT2D eigenvalue weighted by Gasteiger charge is 2.22. The van der Waals surface area contributed by atoms with E-state index in [9.17, 15) is 4.79 Å². The first kappa shape index (κ1) is 22.4. The van der Waals surface area contributed by atoms with E-state index in [1.165, 1.54) is 11.8 Å². The Morgan fingerprint density at radius 2 is 1.56 bits per heavy atom. The Bertz CT molecular complexity index is 1200. The van der Waals surface area contributed by atoms with Gasteiger partial charge >= 0.3 is 0 Å². The van der Waals surface area contributed by atoms with Gasteiger partial charge in [0.05, 0.1) is 21.0 Å². The summed E-state index contributed by atoms with van der Waals surface area (Å²) in [4.78, 5) is 12.9. The van der Waals surface area contributed by atoms with Crippen LogP contribution in [0, 0.1) is 0 Å². The lowest BCUT2D eigenvalue weighted by Gasteiger charge is -2.15. The number of halogens is 2. The van der Waals surface area contributed by atoms with Crippen molar-refractivity contribution >= 4 is 46.6 Å². The molecule has 0 saturated carbocycles. The minimum atomic E-state index is -0.460. The van der Waals surface area contributed by atoms with Gasteiger partial charge in [0.2, 0.25) is 5.91 Å². The van der Waals surface area contributed by atoms with Gasteiger partial charge in [0.25, 0.3) is 0 Å². The summed E-state index contributed by atoms with van der Waals surface area (Å²) in [5.74, 6) is 0.573. The molecule has 0 aliphatic carbocycles. The zero-order valence-corrected chi connectivity index (χ0v) is 19.5. The van der Waals surface area contributed by atoms with Crippen LogP contribution in [0.1, 0.15) is 18.3 Å². The molecule has 8 heteroatoms. The van der Waals surface area contributed by atoms with Gasteiger partial charge in [-0.25, -0.2) is 0 Å². The Balaban J connectivity index is 1.59. The number of nitrogens with one attached hydrogen (secondary N) is 1. The lowest BCUT2D eigenvalue weighted by atomic mass is 10.1. The lowest BCUT2D eigenvalue weighted by Crippen LogP contribution is -2.23. The number of carbonyl (C=O) groups is 1. The molecule has 0 bridgehead atoms. The second-order valence-electron chi connectivity index (χ2n) is 7.08. The van der Waals surface area contributed by atoms with Crippen LogP contribution in [0.2, 0.25) is 10.0 Å². The highest BCUT2D eigenvalue weighted by Crippen LogP contribution is 2.32. The van der Waals surface area contributed by atoms with Crippen molar-refractivity contribution in [3.63, 3.8) is 0 Å². The average Bonchev–Trinajstić information content (AvgIpc) is 3.19. The van der Waals surface area contributed by atoms with Gasteiger partial charge in [-0.1, -0.05) is 89.6 Å². The van der Waals surface area contributed by atoms with Crippen LogP contribution in [0.15, 0.2) is 84.0 Å². The molecule has 5 nitrogen and oxygen atoms in total. The molecule has 3 aromatic carbocycles. The first-order chi connectivity index (χ1) is 15.5. The molecule has 4 rings (SSSR count). The van der Waals surface area contributed by atoms with Gasteiger partial charge in [-0.05, 0) is 36.8 Å². The van der Waals surface area contributed by atoms with Gasteiger partial charge in [0.1, 0.15) is 5.82 Å². The fourth-order valence-corrected chi connectivity index (χ4v) is 4.54.